The number of hydrogen-bond donors (Lipinski definition) is 0. The van der Waals surface area contributed by atoms with E-state index >= 15 is 0 Å². The molecule has 0 saturated carbocycles. The first kappa shape index (κ1) is 24.8. The number of halogens is 1. The highest BCUT2D eigenvalue weighted by molar-refractivity contribution is 6.23. The van der Waals surface area contributed by atoms with Gasteiger partial charge in [0, 0.05) is 0 Å². The molecule has 0 atom stereocenters. The zero-order chi connectivity index (χ0) is 22.1. The largest absolute Gasteiger partial charge is 0.491 e. The molecular formula is C27H39ClO2. The second-order valence-corrected chi connectivity index (χ2v) is 10.4. The van der Waals surface area contributed by atoms with Gasteiger partial charge in [0.1, 0.15) is 12.4 Å². The van der Waals surface area contributed by atoms with Crippen molar-refractivity contribution in [1.29, 1.82) is 0 Å². The Hall–Kier alpha value is -1.51. The summed E-state index contributed by atoms with van der Waals surface area (Å²) in [5, 5.41) is 0. The average molecular weight is 431 g/mol. The number of rotatable bonds is 12. The molecule has 0 aliphatic heterocycles. The van der Waals surface area contributed by atoms with E-state index in [1.807, 2.05) is 30.3 Å². The van der Waals surface area contributed by atoms with Crippen molar-refractivity contribution in [3.8, 4) is 5.75 Å². The first-order valence-electron chi connectivity index (χ1n) is 11.3. The zero-order valence-electron chi connectivity index (χ0n) is 19.6. The summed E-state index contributed by atoms with van der Waals surface area (Å²) in [6.45, 7) is 15.1. The van der Waals surface area contributed by atoms with E-state index in [0.29, 0.717) is 31.7 Å². The van der Waals surface area contributed by atoms with Gasteiger partial charge in [-0.15, -0.1) is 11.6 Å². The molecule has 2 nitrogen and oxygen atoms in total. The van der Waals surface area contributed by atoms with E-state index in [1.165, 1.54) is 22.3 Å². The fourth-order valence-electron chi connectivity index (χ4n) is 3.89. The SMILES string of the molecule is CC(C)Cc1ccc(C(C)(C)Cl)c(CCOCCOc2ccccc2)c1CC(C)C. The molecule has 0 aromatic heterocycles. The van der Waals surface area contributed by atoms with Gasteiger partial charge in [-0.25, -0.2) is 0 Å². The van der Waals surface area contributed by atoms with Crippen molar-refractivity contribution in [3.05, 3.63) is 64.7 Å². The van der Waals surface area contributed by atoms with Crippen LogP contribution in [0.15, 0.2) is 42.5 Å². The minimum Gasteiger partial charge on any atom is -0.491 e. The Morgan fingerprint density at radius 1 is 0.800 bits per heavy atom. The van der Waals surface area contributed by atoms with Crippen LogP contribution in [0.3, 0.4) is 0 Å². The van der Waals surface area contributed by atoms with Crippen LogP contribution in [0.2, 0.25) is 0 Å². The van der Waals surface area contributed by atoms with E-state index in [4.69, 9.17) is 21.1 Å². The van der Waals surface area contributed by atoms with Crippen LogP contribution in [0.5, 0.6) is 5.75 Å². The van der Waals surface area contributed by atoms with E-state index in [-0.39, 0.29) is 0 Å². The van der Waals surface area contributed by atoms with Gasteiger partial charge in [-0.05, 0) is 79.3 Å². The molecule has 30 heavy (non-hydrogen) atoms. The average Bonchev–Trinajstić information content (AvgIpc) is 2.65. The third-order valence-electron chi connectivity index (χ3n) is 5.15. The highest BCUT2D eigenvalue weighted by atomic mass is 35.5. The Balaban J connectivity index is 2.10. The van der Waals surface area contributed by atoms with Crippen LogP contribution < -0.4 is 4.74 Å². The molecule has 2 aromatic carbocycles. The number of benzene rings is 2. The maximum atomic E-state index is 6.80. The first-order valence-corrected chi connectivity index (χ1v) is 11.6. The van der Waals surface area contributed by atoms with Gasteiger partial charge in [-0.2, -0.15) is 0 Å². The summed E-state index contributed by atoms with van der Waals surface area (Å²) in [5.74, 6) is 2.11. The number of para-hydroxylation sites is 1. The quantitative estimate of drug-likeness (QED) is 0.262. The van der Waals surface area contributed by atoms with Crippen LogP contribution in [0.1, 0.15) is 63.8 Å². The lowest BCUT2D eigenvalue weighted by Crippen LogP contribution is -2.18. The summed E-state index contributed by atoms with van der Waals surface area (Å²) >= 11 is 6.80. The number of hydrogen-bond acceptors (Lipinski definition) is 2. The summed E-state index contributed by atoms with van der Waals surface area (Å²) in [6, 6.07) is 14.4. The standard InChI is InChI=1S/C27H39ClO2/c1-20(2)18-22-12-13-26(27(5,6)28)24(25(22)19-21(3)4)14-15-29-16-17-30-23-10-8-7-9-11-23/h7-13,20-21H,14-19H2,1-6H3. The van der Waals surface area contributed by atoms with Gasteiger partial charge >= 0.3 is 0 Å². The smallest absolute Gasteiger partial charge is 0.119 e. The Kier molecular flexibility index (Phi) is 9.71. The molecular weight excluding hydrogens is 392 g/mol. The van der Waals surface area contributed by atoms with Crippen LogP contribution in [0, 0.1) is 11.8 Å². The van der Waals surface area contributed by atoms with Crippen LogP contribution in [0.25, 0.3) is 0 Å². The van der Waals surface area contributed by atoms with Crippen molar-refractivity contribution in [3.63, 3.8) is 0 Å². The first-order chi connectivity index (χ1) is 14.2. The third-order valence-corrected chi connectivity index (χ3v) is 5.35. The molecule has 0 heterocycles. The zero-order valence-corrected chi connectivity index (χ0v) is 20.4. The number of ether oxygens (including phenoxy) is 2. The molecule has 0 fully saturated rings. The Morgan fingerprint density at radius 2 is 1.47 bits per heavy atom. The Morgan fingerprint density at radius 3 is 2.07 bits per heavy atom. The lowest BCUT2D eigenvalue weighted by Gasteiger charge is -2.27. The highest BCUT2D eigenvalue weighted by Gasteiger charge is 2.24. The van der Waals surface area contributed by atoms with E-state index in [9.17, 15) is 0 Å². The maximum Gasteiger partial charge on any atom is 0.119 e. The third kappa shape index (κ3) is 7.96. The summed E-state index contributed by atoms with van der Waals surface area (Å²) in [6.07, 6.45) is 3.06. The van der Waals surface area contributed by atoms with Gasteiger partial charge < -0.3 is 9.47 Å². The second kappa shape index (κ2) is 11.8. The molecule has 0 spiro atoms. The van der Waals surface area contributed by atoms with E-state index < -0.39 is 4.87 Å². The van der Waals surface area contributed by atoms with Gasteiger partial charge in [-0.3, -0.25) is 0 Å². The van der Waals surface area contributed by atoms with Crippen LogP contribution in [-0.2, 0) is 28.9 Å². The molecule has 0 unspecified atom stereocenters. The molecule has 0 saturated heterocycles. The molecule has 0 radical (unpaired) electrons. The fourth-order valence-corrected chi connectivity index (χ4v) is 4.07. The van der Waals surface area contributed by atoms with Gasteiger partial charge in [0.15, 0.2) is 0 Å². The minimum absolute atomic E-state index is 0.395. The molecule has 0 N–H and O–H groups in total. The van der Waals surface area contributed by atoms with E-state index in [1.54, 1.807) is 0 Å². The summed E-state index contributed by atoms with van der Waals surface area (Å²) in [4.78, 5) is -0.395. The molecule has 0 aliphatic carbocycles. The molecule has 3 heteroatoms. The fraction of sp³-hybridized carbons (Fsp3) is 0.556. The van der Waals surface area contributed by atoms with Crippen molar-refractivity contribution in [1.82, 2.24) is 0 Å². The summed E-state index contributed by atoms with van der Waals surface area (Å²) < 4.78 is 11.7. The molecule has 2 rings (SSSR count). The van der Waals surface area contributed by atoms with Crippen LogP contribution in [0.4, 0.5) is 0 Å². The van der Waals surface area contributed by atoms with Crippen molar-refractivity contribution < 1.29 is 9.47 Å². The summed E-state index contributed by atoms with van der Waals surface area (Å²) in [5.41, 5.74) is 5.56. The molecule has 0 bridgehead atoms. The summed E-state index contributed by atoms with van der Waals surface area (Å²) in [7, 11) is 0. The predicted octanol–water partition coefficient (Wildman–Crippen LogP) is 7.20. The van der Waals surface area contributed by atoms with Crippen molar-refractivity contribution in [2.45, 2.75) is 65.7 Å². The van der Waals surface area contributed by atoms with E-state index in [0.717, 1.165) is 25.0 Å². The van der Waals surface area contributed by atoms with Crippen LogP contribution >= 0.6 is 11.6 Å². The van der Waals surface area contributed by atoms with Gasteiger partial charge in [0.05, 0.1) is 18.1 Å². The molecule has 0 aliphatic rings. The topological polar surface area (TPSA) is 18.5 Å². The lowest BCUT2D eigenvalue weighted by atomic mass is 9.83. The monoisotopic (exact) mass is 430 g/mol. The van der Waals surface area contributed by atoms with Gasteiger partial charge in [-0.1, -0.05) is 58.0 Å². The Bertz CT molecular complexity index is 760. The lowest BCUT2D eigenvalue weighted by molar-refractivity contribution is 0.102. The Labute approximate surface area is 188 Å². The van der Waals surface area contributed by atoms with Crippen LogP contribution in [-0.4, -0.2) is 19.8 Å². The van der Waals surface area contributed by atoms with Crippen molar-refractivity contribution in [2.24, 2.45) is 11.8 Å². The number of alkyl halides is 1. The van der Waals surface area contributed by atoms with Gasteiger partial charge in [0.25, 0.3) is 0 Å². The predicted molar refractivity (Wildman–Crippen MR) is 129 cm³/mol. The van der Waals surface area contributed by atoms with Crippen molar-refractivity contribution in [2.75, 3.05) is 19.8 Å². The van der Waals surface area contributed by atoms with E-state index in [2.05, 4.69) is 53.7 Å². The van der Waals surface area contributed by atoms with Gasteiger partial charge in [0.2, 0.25) is 0 Å². The molecule has 166 valence electrons. The minimum atomic E-state index is -0.395. The normalized spacial score (nSPS) is 12.0. The highest BCUT2D eigenvalue weighted by Crippen LogP contribution is 2.35. The maximum absolute atomic E-state index is 6.80. The second-order valence-electron chi connectivity index (χ2n) is 9.42. The molecule has 2 aromatic rings. The van der Waals surface area contributed by atoms with Crippen molar-refractivity contribution >= 4 is 11.6 Å². The molecule has 0 amide bonds.